The molecular weight excluding hydrogens is 108 g/mol. The summed E-state index contributed by atoms with van der Waals surface area (Å²) in [5.41, 5.74) is 0. The minimum atomic E-state index is -0.631. The summed E-state index contributed by atoms with van der Waals surface area (Å²) in [5, 5.41) is 8.08. The van der Waals surface area contributed by atoms with Gasteiger partial charge >= 0.3 is 0 Å². The first-order chi connectivity index (χ1) is 3.27. The standard InChI is InChI=1S/C4H10O2Si/c1-2-7-3-4(5)6/h2-3,7H2,1H3,(H,5,6). The number of hydrogen-bond acceptors (Lipinski definition) is 1. The van der Waals surface area contributed by atoms with E-state index in [1.165, 1.54) is 0 Å². The van der Waals surface area contributed by atoms with E-state index in [0.717, 1.165) is 6.04 Å². The zero-order chi connectivity index (χ0) is 5.70. The molecule has 0 aromatic carbocycles. The Morgan fingerprint density at radius 2 is 2.43 bits per heavy atom. The first kappa shape index (κ1) is 6.69. The second-order valence-electron chi connectivity index (χ2n) is 1.50. The lowest BCUT2D eigenvalue weighted by atomic mass is 10.8. The van der Waals surface area contributed by atoms with E-state index in [1.54, 1.807) is 0 Å². The van der Waals surface area contributed by atoms with Crippen molar-refractivity contribution in [1.29, 1.82) is 0 Å². The summed E-state index contributed by atoms with van der Waals surface area (Å²) in [5.74, 6) is -0.631. The molecule has 0 aliphatic carbocycles. The average molecular weight is 118 g/mol. The maximum atomic E-state index is 9.79. The molecule has 0 radical (unpaired) electrons. The number of rotatable bonds is 3. The van der Waals surface area contributed by atoms with E-state index in [4.69, 9.17) is 5.11 Å². The molecule has 0 bridgehead atoms. The summed E-state index contributed by atoms with van der Waals surface area (Å²) in [6, 6.07) is 1.56. The van der Waals surface area contributed by atoms with Gasteiger partial charge in [-0.15, -0.1) is 0 Å². The van der Waals surface area contributed by atoms with Crippen molar-refractivity contribution in [3.05, 3.63) is 0 Å². The highest BCUT2D eigenvalue weighted by atomic mass is 28.2. The Labute approximate surface area is 45.4 Å². The van der Waals surface area contributed by atoms with E-state index in [-0.39, 0.29) is 9.52 Å². The van der Waals surface area contributed by atoms with Crippen LogP contribution in [0.3, 0.4) is 0 Å². The molecule has 0 saturated heterocycles. The van der Waals surface area contributed by atoms with Gasteiger partial charge in [0.05, 0.1) is 0 Å². The maximum Gasteiger partial charge on any atom is 0.300 e. The molecular formula is C4H10O2Si. The van der Waals surface area contributed by atoms with Crippen LogP contribution in [0.4, 0.5) is 0 Å². The van der Waals surface area contributed by atoms with E-state index in [0.29, 0.717) is 6.04 Å². The lowest BCUT2D eigenvalue weighted by molar-refractivity contribution is -0.134. The average Bonchev–Trinajstić information content (AvgIpc) is 1.61. The zero-order valence-corrected chi connectivity index (χ0v) is 5.89. The van der Waals surface area contributed by atoms with Crippen LogP contribution in [0.25, 0.3) is 0 Å². The van der Waals surface area contributed by atoms with Crippen LogP contribution in [0, 0.1) is 0 Å². The molecule has 0 atom stereocenters. The molecule has 0 fully saturated rings. The van der Waals surface area contributed by atoms with Gasteiger partial charge in [-0.2, -0.15) is 0 Å². The van der Waals surface area contributed by atoms with E-state index in [9.17, 15) is 4.79 Å². The van der Waals surface area contributed by atoms with E-state index in [1.807, 2.05) is 6.92 Å². The van der Waals surface area contributed by atoms with Gasteiger partial charge in [0.15, 0.2) is 0 Å². The molecule has 0 spiro atoms. The van der Waals surface area contributed by atoms with Crippen molar-refractivity contribution >= 4 is 15.5 Å². The van der Waals surface area contributed by atoms with Crippen LogP contribution in [-0.2, 0) is 4.79 Å². The van der Waals surface area contributed by atoms with Gasteiger partial charge in [0.1, 0.15) is 0 Å². The van der Waals surface area contributed by atoms with Crippen LogP contribution in [0.1, 0.15) is 6.92 Å². The summed E-state index contributed by atoms with van der Waals surface area (Å²) in [6.07, 6.45) is 0. The maximum absolute atomic E-state index is 9.79. The number of aliphatic carboxylic acids is 1. The summed E-state index contributed by atoms with van der Waals surface area (Å²) >= 11 is 0. The number of carboxylic acid groups (broad SMARTS) is 1. The molecule has 7 heavy (non-hydrogen) atoms. The van der Waals surface area contributed by atoms with Gasteiger partial charge in [0, 0.05) is 15.6 Å². The fourth-order valence-electron chi connectivity index (χ4n) is 0.328. The highest BCUT2D eigenvalue weighted by molar-refractivity contribution is 6.40. The smallest absolute Gasteiger partial charge is 0.300 e. The Morgan fingerprint density at radius 1 is 1.86 bits per heavy atom. The summed E-state index contributed by atoms with van der Waals surface area (Å²) in [7, 11) is -0.225. The van der Waals surface area contributed by atoms with Crippen molar-refractivity contribution in [3.63, 3.8) is 0 Å². The van der Waals surface area contributed by atoms with Crippen molar-refractivity contribution in [2.24, 2.45) is 0 Å². The monoisotopic (exact) mass is 118 g/mol. The molecule has 0 aliphatic rings. The van der Waals surface area contributed by atoms with Gasteiger partial charge in [-0.1, -0.05) is 13.0 Å². The molecule has 0 aromatic heterocycles. The molecule has 0 rings (SSSR count). The van der Waals surface area contributed by atoms with Crippen LogP contribution >= 0.6 is 0 Å². The van der Waals surface area contributed by atoms with Crippen LogP contribution in [0.15, 0.2) is 0 Å². The third-order valence-electron chi connectivity index (χ3n) is 0.744. The van der Waals surface area contributed by atoms with Crippen molar-refractivity contribution in [2.75, 3.05) is 0 Å². The topological polar surface area (TPSA) is 37.3 Å². The first-order valence-electron chi connectivity index (χ1n) is 2.49. The minimum absolute atomic E-state index is 0.225. The molecule has 3 heteroatoms. The molecule has 0 amide bonds. The number of carbonyl (C=O) groups is 1. The molecule has 0 heterocycles. The Balaban J connectivity index is 2.82. The highest BCUT2D eigenvalue weighted by Crippen LogP contribution is 1.81. The summed E-state index contributed by atoms with van der Waals surface area (Å²) in [4.78, 5) is 9.79. The number of hydrogen-bond donors (Lipinski definition) is 1. The Bertz CT molecular complexity index is 62.7. The zero-order valence-electron chi connectivity index (χ0n) is 4.48. The van der Waals surface area contributed by atoms with Gasteiger partial charge in [0.25, 0.3) is 5.97 Å². The minimum Gasteiger partial charge on any atom is -0.481 e. The molecule has 0 unspecified atom stereocenters. The lowest BCUT2D eigenvalue weighted by Gasteiger charge is -1.84. The molecule has 0 aromatic rings. The quantitative estimate of drug-likeness (QED) is 0.533. The van der Waals surface area contributed by atoms with E-state index >= 15 is 0 Å². The third-order valence-corrected chi connectivity index (χ3v) is 2.23. The summed E-state index contributed by atoms with van der Waals surface area (Å²) in [6.45, 7) is 2.04. The molecule has 2 nitrogen and oxygen atoms in total. The van der Waals surface area contributed by atoms with Crippen molar-refractivity contribution < 1.29 is 9.90 Å². The molecule has 0 aliphatic heterocycles. The third kappa shape index (κ3) is 5.69. The Kier molecular flexibility index (Phi) is 3.69. The predicted octanol–water partition coefficient (Wildman–Crippen LogP) is 0.0963. The first-order valence-corrected chi connectivity index (χ1v) is 4.49. The normalized spacial score (nSPS) is 10.4. The van der Waals surface area contributed by atoms with Crippen LogP contribution < -0.4 is 0 Å². The van der Waals surface area contributed by atoms with Crippen molar-refractivity contribution in [1.82, 2.24) is 0 Å². The second-order valence-corrected chi connectivity index (χ2v) is 3.70. The van der Waals surface area contributed by atoms with Crippen LogP contribution in [-0.4, -0.2) is 20.6 Å². The Morgan fingerprint density at radius 3 is 2.57 bits per heavy atom. The fourth-order valence-corrected chi connectivity index (χ4v) is 0.984. The molecule has 1 N–H and O–H groups in total. The predicted molar refractivity (Wildman–Crippen MR) is 31.5 cm³/mol. The molecule has 42 valence electrons. The SMILES string of the molecule is CC[SiH2]CC(=O)O. The van der Waals surface area contributed by atoms with Crippen LogP contribution in [0.5, 0.6) is 0 Å². The van der Waals surface area contributed by atoms with Crippen molar-refractivity contribution in [3.8, 4) is 0 Å². The van der Waals surface area contributed by atoms with E-state index < -0.39 is 5.97 Å². The van der Waals surface area contributed by atoms with Crippen LogP contribution in [0.2, 0.25) is 12.1 Å². The summed E-state index contributed by atoms with van der Waals surface area (Å²) < 4.78 is 0. The highest BCUT2D eigenvalue weighted by Gasteiger charge is 1.91. The van der Waals surface area contributed by atoms with Gasteiger partial charge < -0.3 is 5.11 Å². The largest absolute Gasteiger partial charge is 0.481 e. The second kappa shape index (κ2) is 3.86. The van der Waals surface area contributed by atoms with Gasteiger partial charge in [-0.05, 0) is 0 Å². The Hall–Kier alpha value is -0.313. The van der Waals surface area contributed by atoms with E-state index in [2.05, 4.69) is 0 Å². The number of carboxylic acids is 1. The fraction of sp³-hybridized carbons (Fsp3) is 0.750. The van der Waals surface area contributed by atoms with Gasteiger partial charge in [0.2, 0.25) is 0 Å². The van der Waals surface area contributed by atoms with Crippen molar-refractivity contribution in [2.45, 2.75) is 19.0 Å². The van der Waals surface area contributed by atoms with Gasteiger partial charge in [-0.25, -0.2) is 0 Å². The molecule has 0 saturated carbocycles. The lowest BCUT2D eigenvalue weighted by Crippen LogP contribution is -1.98. The van der Waals surface area contributed by atoms with Gasteiger partial charge in [-0.3, -0.25) is 4.79 Å².